The molecule has 1 amide bonds. The Morgan fingerprint density at radius 2 is 0.932 bits per heavy atom. The van der Waals surface area contributed by atoms with Gasteiger partial charge in [-0.2, -0.15) is 0 Å². The van der Waals surface area contributed by atoms with Gasteiger partial charge in [0, 0.05) is 6.42 Å². The number of rotatable bonds is 44. The smallest absolute Gasteiger partial charge is 0.220 e. The van der Waals surface area contributed by atoms with Crippen molar-refractivity contribution in [2.24, 2.45) is 0 Å². The molecule has 0 spiro atoms. The maximum atomic E-state index is 13.2. The Balaban J connectivity index is 1.78. The number of amides is 1. The van der Waals surface area contributed by atoms with Gasteiger partial charge >= 0.3 is 0 Å². The topological polar surface area (TPSA) is 228 Å². The average Bonchev–Trinajstić information content (AvgIpc) is 3.40. The Kier molecular flexibility index (Phi) is 41.1. The number of carbonyl (C=O) groups excluding carboxylic acids is 1. The summed E-state index contributed by atoms with van der Waals surface area (Å²) in [5.74, 6) is -0.258. The van der Waals surface area contributed by atoms with Crippen LogP contribution in [0, 0.1) is 0 Å². The van der Waals surface area contributed by atoms with Crippen LogP contribution in [-0.2, 0) is 23.7 Å². The fourth-order valence-electron chi connectivity index (χ4n) is 8.94. The van der Waals surface area contributed by atoms with E-state index in [0.29, 0.717) is 6.42 Å². The van der Waals surface area contributed by atoms with E-state index in [9.17, 15) is 45.6 Å². The van der Waals surface area contributed by atoms with Gasteiger partial charge in [-0.1, -0.05) is 202 Å². The summed E-state index contributed by atoms with van der Waals surface area (Å²) in [4.78, 5) is 13.2. The SMILES string of the molecule is CC/C=C\C/C=C\C/C=C\C/C=C\C/C=C\C/C=C\CCCCCCCCC(=O)NC(COC1OC(CO)C(OC2OC(CO)C(O)C(O)C2O)C(O)C1O)C(O)/C=C/CCCCCCCCCCCCCCC. The number of carbonyl (C=O) groups is 1. The van der Waals surface area contributed by atoms with Crippen molar-refractivity contribution in [3.63, 3.8) is 0 Å². The number of aliphatic hydroxyl groups is 8. The highest BCUT2D eigenvalue weighted by atomic mass is 16.7. The van der Waals surface area contributed by atoms with Crippen LogP contribution in [0.25, 0.3) is 0 Å². The van der Waals surface area contributed by atoms with Gasteiger partial charge in [0.05, 0.1) is 32.0 Å². The highest BCUT2D eigenvalue weighted by Gasteiger charge is 2.51. The molecule has 2 heterocycles. The van der Waals surface area contributed by atoms with Crippen LogP contribution >= 0.6 is 0 Å². The quantitative estimate of drug-likeness (QED) is 0.0205. The minimum atomic E-state index is -1.79. The number of aliphatic hydroxyl groups excluding tert-OH is 8. The summed E-state index contributed by atoms with van der Waals surface area (Å²) in [6.45, 7) is 2.66. The van der Waals surface area contributed by atoms with Gasteiger partial charge in [0.1, 0.15) is 48.8 Å². The first-order valence-corrected chi connectivity index (χ1v) is 28.8. The van der Waals surface area contributed by atoms with E-state index in [1.807, 2.05) is 6.08 Å². The number of nitrogens with one attached hydrogen (secondary N) is 1. The molecule has 0 aromatic rings. The zero-order valence-electron chi connectivity index (χ0n) is 45.6. The van der Waals surface area contributed by atoms with Crippen molar-refractivity contribution in [1.29, 1.82) is 0 Å². The van der Waals surface area contributed by atoms with Crippen molar-refractivity contribution < 1.29 is 64.6 Å². The molecule has 0 aromatic heterocycles. The number of ether oxygens (including phenoxy) is 4. The third kappa shape index (κ3) is 30.8. The van der Waals surface area contributed by atoms with E-state index in [1.165, 1.54) is 70.6 Å². The maximum Gasteiger partial charge on any atom is 0.220 e. The van der Waals surface area contributed by atoms with Gasteiger partial charge in [-0.3, -0.25) is 4.79 Å². The highest BCUT2D eigenvalue weighted by Crippen LogP contribution is 2.30. The molecule has 0 saturated carbocycles. The molecule has 2 saturated heterocycles. The monoisotopic (exact) mass is 1050 g/mol. The van der Waals surface area contributed by atoms with Gasteiger partial charge < -0.3 is 65.1 Å². The van der Waals surface area contributed by atoms with E-state index in [1.54, 1.807) is 6.08 Å². The summed E-state index contributed by atoms with van der Waals surface area (Å²) in [6, 6.07) is -0.928. The normalized spacial score (nSPS) is 25.9. The molecule has 2 rings (SSSR count). The largest absolute Gasteiger partial charge is 0.394 e. The van der Waals surface area contributed by atoms with Gasteiger partial charge in [0.25, 0.3) is 0 Å². The molecule has 12 unspecified atom stereocenters. The molecule has 0 aromatic carbocycles. The summed E-state index contributed by atoms with van der Waals surface area (Å²) in [6.07, 6.45) is 43.2. The molecule has 2 aliphatic rings. The molecule has 0 radical (unpaired) electrons. The molecule has 14 heteroatoms. The van der Waals surface area contributed by atoms with Crippen molar-refractivity contribution >= 4 is 5.91 Å². The summed E-state index contributed by atoms with van der Waals surface area (Å²) in [7, 11) is 0. The first kappa shape index (κ1) is 67.3. The molecular formula is C60H103NO13. The molecule has 0 bridgehead atoms. The molecule has 2 fully saturated rings. The Bertz CT molecular complexity index is 1560. The van der Waals surface area contributed by atoms with E-state index in [0.717, 1.165) is 96.3 Å². The average molecular weight is 1050 g/mol. The Morgan fingerprint density at radius 3 is 1.43 bits per heavy atom. The molecule has 0 aliphatic carbocycles. The van der Waals surface area contributed by atoms with Crippen LogP contribution in [0.5, 0.6) is 0 Å². The molecule has 9 N–H and O–H groups in total. The predicted molar refractivity (Wildman–Crippen MR) is 295 cm³/mol. The molecule has 2 aliphatic heterocycles. The molecule has 12 atom stereocenters. The number of hydrogen-bond acceptors (Lipinski definition) is 13. The van der Waals surface area contributed by atoms with Crippen molar-refractivity contribution in [3.8, 4) is 0 Å². The number of hydrogen-bond donors (Lipinski definition) is 9. The zero-order valence-corrected chi connectivity index (χ0v) is 45.6. The second-order valence-electron chi connectivity index (χ2n) is 20.0. The van der Waals surface area contributed by atoms with E-state index in [4.69, 9.17) is 18.9 Å². The third-order valence-corrected chi connectivity index (χ3v) is 13.6. The standard InChI is InChI=1S/C60H103NO13/c1-3-5-7-9-11-13-15-17-19-20-21-22-23-24-25-26-27-28-30-32-34-36-38-40-42-44-52(65)61-48(49(64)43-41-39-37-35-33-31-29-18-16-14-12-10-8-6-4-2)47-71-59-57(70)55(68)58(51(46-63)73-59)74-60-56(69)54(67)53(66)50(45-62)72-60/h5,7,11,13,17,19,21-22,24-25,27-28,41,43,48-51,53-60,62-64,66-70H,3-4,6,8-10,12,14-16,18,20,23,26,29-40,42,44-47H2,1-2H3,(H,61,65)/b7-5-,13-11-,19-17-,22-21-,25-24-,28-27-,43-41+. The molecule has 74 heavy (non-hydrogen) atoms. The van der Waals surface area contributed by atoms with Gasteiger partial charge in [-0.15, -0.1) is 0 Å². The Morgan fingerprint density at radius 1 is 0.500 bits per heavy atom. The second-order valence-corrected chi connectivity index (χ2v) is 20.0. The van der Waals surface area contributed by atoms with E-state index in [-0.39, 0.29) is 18.9 Å². The predicted octanol–water partition coefficient (Wildman–Crippen LogP) is 9.33. The summed E-state index contributed by atoms with van der Waals surface area (Å²) in [5, 5.41) is 87.0. The lowest BCUT2D eigenvalue weighted by molar-refractivity contribution is -0.359. The van der Waals surface area contributed by atoms with Crippen molar-refractivity contribution in [3.05, 3.63) is 85.1 Å². The van der Waals surface area contributed by atoms with E-state index < -0.39 is 86.8 Å². The lowest BCUT2D eigenvalue weighted by Gasteiger charge is -2.46. The van der Waals surface area contributed by atoms with Gasteiger partial charge in [-0.25, -0.2) is 0 Å². The zero-order chi connectivity index (χ0) is 53.9. The maximum absolute atomic E-state index is 13.2. The van der Waals surface area contributed by atoms with Crippen molar-refractivity contribution in [2.75, 3.05) is 19.8 Å². The molecule has 14 nitrogen and oxygen atoms in total. The minimum Gasteiger partial charge on any atom is -0.394 e. The van der Waals surface area contributed by atoms with Crippen LogP contribution in [0.4, 0.5) is 0 Å². The fourth-order valence-corrected chi connectivity index (χ4v) is 8.94. The number of unbranched alkanes of at least 4 members (excludes halogenated alkanes) is 19. The third-order valence-electron chi connectivity index (χ3n) is 13.6. The van der Waals surface area contributed by atoms with Gasteiger partial charge in [-0.05, 0) is 70.6 Å². The van der Waals surface area contributed by atoms with Crippen molar-refractivity contribution in [1.82, 2.24) is 5.32 Å². The fraction of sp³-hybridized carbons (Fsp3) is 0.750. The second kappa shape index (κ2) is 45.2. The molecule has 426 valence electrons. The minimum absolute atomic E-state index is 0.258. The van der Waals surface area contributed by atoms with Crippen LogP contribution in [0.3, 0.4) is 0 Å². The summed E-state index contributed by atoms with van der Waals surface area (Å²) >= 11 is 0. The van der Waals surface area contributed by atoms with Crippen LogP contribution in [0.15, 0.2) is 85.1 Å². The van der Waals surface area contributed by atoms with Gasteiger partial charge in [0.15, 0.2) is 12.6 Å². The molecular weight excluding hydrogens is 943 g/mol. The first-order valence-electron chi connectivity index (χ1n) is 28.8. The number of allylic oxidation sites excluding steroid dienone is 13. The lowest BCUT2D eigenvalue weighted by atomic mass is 9.97. The van der Waals surface area contributed by atoms with Crippen LogP contribution in [-0.4, -0.2) is 140 Å². The Labute approximate surface area is 446 Å². The van der Waals surface area contributed by atoms with E-state index >= 15 is 0 Å². The lowest BCUT2D eigenvalue weighted by Crippen LogP contribution is -2.65. The summed E-state index contributed by atoms with van der Waals surface area (Å²) in [5.41, 5.74) is 0. The Hall–Kier alpha value is -2.83. The summed E-state index contributed by atoms with van der Waals surface area (Å²) < 4.78 is 22.7. The van der Waals surface area contributed by atoms with Crippen molar-refractivity contribution in [2.45, 2.75) is 267 Å². The van der Waals surface area contributed by atoms with Crippen LogP contribution in [0.1, 0.15) is 194 Å². The van der Waals surface area contributed by atoms with E-state index in [2.05, 4.69) is 92.1 Å². The first-order chi connectivity index (χ1) is 36.1. The van der Waals surface area contributed by atoms with Gasteiger partial charge in [0.2, 0.25) is 5.91 Å². The van der Waals surface area contributed by atoms with Crippen LogP contribution in [0.2, 0.25) is 0 Å². The highest BCUT2D eigenvalue weighted by molar-refractivity contribution is 5.76. The van der Waals surface area contributed by atoms with Crippen LogP contribution < -0.4 is 5.32 Å².